The zero-order valence-electron chi connectivity index (χ0n) is 8.00. The van der Waals surface area contributed by atoms with E-state index in [0.717, 1.165) is 0 Å². The molecule has 0 saturated carbocycles. The van der Waals surface area contributed by atoms with Crippen molar-refractivity contribution in [2.45, 2.75) is 24.1 Å². The summed E-state index contributed by atoms with van der Waals surface area (Å²) in [6.07, 6.45) is -5.26. The van der Waals surface area contributed by atoms with E-state index in [1.807, 2.05) is 0 Å². The first-order valence-electron chi connectivity index (χ1n) is 4.25. The van der Waals surface area contributed by atoms with Gasteiger partial charge in [0.15, 0.2) is 11.9 Å². The van der Waals surface area contributed by atoms with Gasteiger partial charge in [-0.3, -0.25) is 4.52 Å². The van der Waals surface area contributed by atoms with Crippen molar-refractivity contribution in [1.29, 1.82) is 0 Å². The van der Waals surface area contributed by atoms with Gasteiger partial charge in [-0.15, -0.1) is 0 Å². The summed E-state index contributed by atoms with van der Waals surface area (Å²) in [7, 11) is -4.87. The van der Waals surface area contributed by atoms with Gasteiger partial charge in [0.1, 0.15) is 12.2 Å². The van der Waals surface area contributed by atoms with Gasteiger partial charge in [-0.2, -0.15) is 0 Å². The lowest BCUT2D eigenvalue weighted by Gasteiger charge is -2.42. The van der Waals surface area contributed by atoms with Crippen LogP contribution in [0, 0.1) is 0 Å². The van der Waals surface area contributed by atoms with E-state index in [0.29, 0.717) is 0 Å². The minimum atomic E-state index is -4.87. The highest BCUT2D eigenvalue weighted by Gasteiger charge is 2.51. The highest BCUT2D eigenvalue weighted by Crippen LogP contribution is 2.38. The second-order valence-electron chi connectivity index (χ2n) is 3.45. The summed E-state index contributed by atoms with van der Waals surface area (Å²) in [6.45, 7) is -1.50. The van der Waals surface area contributed by atoms with Gasteiger partial charge in [-0.05, 0) is 0 Å². The fraction of sp³-hybridized carbons (Fsp3) is 1.00. The highest BCUT2D eigenvalue weighted by atomic mass is 31.2. The Kier molecular flexibility index (Phi) is 4.06. The molecular formula is C6H13O9P. The quantitative estimate of drug-likeness (QED) is 0.289. The van der Waals surface area contributed by atoms with Gasteiger partial charge in [0.2, 0.25) is 0 Å². The Balaban J connectivity index is 2.75. The molecule has 1 fully saturated rings. The van der Waals surface area contributed by atoms with Crippen molar-refractivity contribution >= 4 is 7.82 Å². The molecule has 96 valence electrons. The number of rotatable bonds is 3. The third-order valence-electron chi connectivity index (χ3n) is 2.19. The molecule has 0 spiro atoms. The first-order chi connectivity index (χ1) is 7.17. The maximum atomic E-state index is 10.4. The molecule has 4 unspecified atom stereocenters. The summed E-state index contributed by atoms with van der Waals surface area (Å²) < 4.78 is 18.9. The van der Waals surface area contributed by atoms with Gasteiger partial charge in [0.25, 0.3) is 0 Å². The smallest absolute Gasteiger partial charge is 0.388 e. The summed E-state index contributed by atoms with van der Waals surface area (Å²) in [5.41, 5.74) is -2.50. The van der Waals surface area contributed by atoms with E-state index in [2.05, 4.69) is 9.26 Å². The summed E-state index contributed by atoms with van der Waals surface area (Å²) in [6, 6.07) is 0. The van der Waals surface area contributed by atoms with Gasteiger partial charge >= 0.3 is 7.82 Å². The first kappa shape index (κ1) is 14.0. The minimum Gasteiger partial charge on any atom is -0.388 e. The van der Waals surface area contributed by atoms with Gasteiger partial charge < -0.3 is 34.9 Å². The Bertz CT molecular complexity index is 290. The van der Waals surface area contributed by atoms with Crippen molar-refractivity contribution in [3.8, 4) is 0 Å². The van der Waals surface area contributed by atoms with Crippen LogP contribution in [0.1, 0.15) is 0 Å². The third-order valence-corrected chi connectivity index (χ3v) is 2.66. The van der Waals surface area contributed by atoms with E-state index in [4.69, 9.17) is 14.9 Å². The van der Waals surface area contributed by atoms with Crippen molar-refractivity contribution in [2.75, 3.05) is 13.2 Å². The second kappa shape index (κ2) is 4.65. The summed E-state index contributed by atoms with van der Waals surface area (Å²) in [5, 5.41) is 37.5. The van der Waals surface area contributed by atoms with Gasteiger partial charge in [-0.25, -0.2) is 4.57 Å². The average Bonchev–Trinajstić information content (AvgIpc) is 2.17. The van der Waals surface area contributed by atoms with Gasteiger partial charge in [0.05, 0.1) is 13.2 Å². The summed E-state index contributed by atoms with van der Waals surface area (Å²) in [4.78, 5) is 16.8. The average molecular weight is 260 g/mol. The molecule has 0 aliphatic carbocycles. The Morgan fingerprint density at radius 3 is 2.44 bits per heavy atom. The molecule has 10 heteroatoms. The fourth-order valence-electron chi connectivity index (χ4n) is 1.25. The molecule has 6 N–H and O–H groups in total. The minimum absolute atomic E-state index is 0.416. The Morgan fingerprint density at radius 1 is 1.38 bits per heavy atom. The van der Waals surface area contributed by atoms with Crippen LogP contribution in [0.2, 0.25) is 0 Å². The van der Waals surface area contributed by atoms with Crippen molar-refractivity contribution in [1.82, 2.24) is 0 Å². The van der Waals surface area contributed by atoms with E-state index in [9.17, 15) is 19.9 Å². The predicted octanol–water partition coefficient (Wildman–Crippen LogP) is -3.10. The van der Waals surface area contributed by atoms with Crippen molar-refractivity contribution in [3.05, 3.63) is 0 Å². The maximum Gasteiger partial charge on any atom is 0.469 e. The molecule has 1 saturated heterocycles. The maximum absolute atomic E-state index is 10.4. The summed E-state index contributed by atoms with van der Waals surface area (Å²) >= 11 is 0. The largest absolute Gasteiger partial charge is 0.469 e. The molecule has 16 heavy (non-hydrogen) atoms. The lowest BCUT2D eigenvalue weighted by molar-refractivity contribution is -0.308. The van der Waals surface area contributed by atoms with E-state index in [1.165, 1.54) is 0 Å². The molecule has 4 atom stereocenters. The van der Waals surface area contributed by atoms with Crippen LogP contribution in [0.3, 0.4) is 0 Å². The molecular weight excluding hydrogens is 247 g/mol. The van der Waals surface area contributed by atoms with Crippen LogP contribution in [0.15, 0.2) is 0 Å². The SMILES string of the molecule is O=P(O)(O)OCC1(O)C(O)OCC(O)C1O. The van der Waals surface area contributed by atoms with Crippen molar-refractivity contribution < 1.29 is 44.0 Å². The lowest BCUT2D eigenvalue weighted by Crippen LogP contribution is -2.65. The van der Waals surface area contributed by atoms with E-state index in [-0.39, 0.29) is 0 Å². The van der Waals surface area contributed by atoms with Gasteiger partial charge in [-0.1, -0.05) is 0 Å². The summed E-state index contributed by atoms with van der Waals surface area (Å²) in [5.74, 6) is 0. The standard InChI is InChI=1S/C6H13O9P/c7-3-1-14-5(9)6(10,4(3)8)2-15-16(11,12)13/h3-5,7-10H,1-2H2,(H2,11,12,13). The zero-order valence-corrected chi connectivity index (χ0v) is 8.90. The Labute approximate surface area is 90.1 Å². The predicted molar refractivity (Wildman–Crippen MR) is 46.9 cm³/mol. The molecule has 0 aromatic heterocycles. The molecule has 0 amide bonds. The number of hydrogen-bond acceptors (Lipinski definition) is 7. The van der Waals surface area contributed by atoms with Gasteiger partial charge in [0, 0.05) is 0 Å². The monoisotopic (exact) mass is 260 g/mol. The lowest BCUT2D eigenvalue weighted by atomic mass is 9.90. The number of aliphatic hydroxyl groups excluding tert-OH is 3. The molecule has 1 rings (SSSR count). The molecule has 0 aromatic rings. The third kappa shape index (κ3) is 2.98. The second-order valence-corrected chi connectivity index (χ2v) is 4.69. The number of ether oxygens (including phenoxy) is 1. The van der Waals surface area contributed by atoms with E-state index < -0.39 is 45.1 Å². The van der Waals surface area contributed by atoms with Crippen LogP contribution in [0.4, 0.5) is 0 Å². The topological polar surface area (TPSA) is 157 Å². The van der Waals surface area contributed by atoms with Crippen LogP contribution < -0.4 is 0 Å². The number of hydrogen-bond donors (Lipinski definition) is 6. The van der Waals surface area contributed by atoms with Crippen LogP contribution in [-0.4, -0.2) is 67.5 Å². The molecule has 0 aromatic carbocycles. The zero-order chi connectivity index (χ0) is 12.6. The molecule has 1 heterocycles. The number of phosphoric ester groups is 1. The van der Waals surface area contributed by atoms with Crippen LogP contribution in [0.25, 0.3) is 0 Å². The van der Waals surface area contributed by atoms with Crippen LogP contribution in [0.5, 0.6) is 0 Å². The van der Waals surface area contributed by atoms with Crippen molar-refractivity contribution in [3.63, 3.8) is 0 Å². The Morgan fingerprint density at radius 2 is 1.94 bits per heavy atom. The molecule has 0 radical (unpaired) electrons. The first-order valence-corrected chi connectivity index (χ1v) is 5.78. The molecule has 1 aliphatic rings. The fourth-order valence-corrected chi connectivity index (χ4v) is 1.62. The molecule has 1 aliphatic heterocycles. The molecule has 0 bridgehead atoms. The Hall–Kier alpha value is -0.0900. The van der Waals surface area contributed by atoms with Crippen LogP contribution >= 0.6 is 7.82 Å². The normalized spacial score (nSPS) is 41.0. The van der Waals surface area contributed by atoms with Crippen molar-refractivity contribution in [2.24, 2.45) is 0 Å². The number of phosphoric acid groups is 1. The van der Waals surface area contributed by atoms with Crippen LogP contribution in [-0.2, 0) is 13.8 Å². The molecule has 9 nitrogen and oxygen atoms in total. The highest BCUT2D eigenvalue weighted by molar-refractivity contribution is 7.46. The van der Waals surface area contributed by atoms with E-state index in [1.54, 1.807) is 0 Å². The number of aliphatic hydroxyl groups is 4. The van der Waals surface area contributed by atoms with E-state index >= 15 is 0 Å².